The largest absolute Gasteiger partial charge is 0.350 e. The highest BCUT2D eigenvalue weighted by molar-refractivity contribution is 5.35. The first-order valence-corrected chi connectivity index (χ1v) is 4.93. The smallest absolute Gasteiger partial charge is 0.248 e. The molecule has 0 atom stereocenters. The molecule has 0 heterocycles. The number of hydrogen-bond donors (Lipinski definition) is 3. The van der Waals surface area contributed by atoms with Gasteiger partial charge < -0.3 is 10.2 Å². The summed E-state index contributed by atoms with van der Waals surface area (Å²) in [5, 5.41) is 18.4. The summed E-state index contributed by atoms with van der Waals surface area (Å²) in [7, 11) is 0. The first-order valence-electron chi connectivity index (χ1n) is 4.93. The van der Waals surface area contributed by atoms with Gasteiger partial charge in [0.2, 0.25) is 5.91 Å². The van der Waals surface area contributed by atoms with Gasteiger partial charge in [-0.3, -0.25) is 5.73 Å². The van der Waals surface area contributed by atoms with Crippen molar-refractivity contribution < 1.29 is 10.2 Å². The van der Waals surface area contributed by atoms with Gasteiger partial charge >= 0.3 is 0 Å². The van der Waals surface area contributed by atoms with Crippen LogP contribution in [0.15, 0.2) is 18.2 Å². The van der Waals surface area contributed by atoms with Crippen LogP contribution in [-0.2, 0) is 18.8 Å². The second-order valence-corrected chi connectivity index (χ2v) is 3.92. The van der Waals surface area contributed by atoms with E-state index in [9.17, 15) is 10.2 Å². The number of hydrogen-bond acceptors (Lipinski definition) is 3. The normalized spacial score (nSPS) is 16.5. The second-order valence-electron chi connectivity index (χ2n) is 3.92. The van der Waals surface area contributed by atoms with Crippen LogP contribution in [0.5, 0.6) is 0 Å². The van der Waals surface area contributed by atoms with E-state index < -0.39 is 5.91 Å². The van der Waals surface area contributed by atoms with E-state index in [0.717, 1.165) is 12.8 Å². The van der Waals surface area contributed by atoms with Crippen molar-refractivity contribution in [2.45, 2.75) is 31.6 Å². The van der Waals surface area contributed by atoms with Crippen molar-refractivity contribution in [2.24, 2.45) is 5.73 Å². The number of benzene rings is 1. The lowest BCUT2D eigenvalue weighted by atomic mass is 9.90. The van der Waals surface area contributed by atoms with Crippen LogP contribution in [0.2, 0.25) is 0 Å². The molecule has 14 heavy (non-hydrogen) atoms. The van der Waals surface area contributed by atoms with Gasteiger partial charge in [-0.1, -0.05) is 12.1 Å². The van der Waals surface area contributed by atoms with Crippen LogP contribution in [0, 0.1) is 0 Å². The molecule has 0 aromatic heterocycles. The number of aliphatic hydroxyl groups is 2. The molecule has 0 unspecified atom stereocenters. The Hall–Kier alpha value is -0.900. The molecule has 2 rings (SSSR count). The van der Waals surface area contributed by atoms with E-state index in [1.54, 1.807) is 12.1 Å². The highest BCUT2D eigenvalue weighted by Gasteiger charge is 2.21. The van der Waals surface area contributed by atoms with Crippen molar-refractivity contribution in [3.05, 3.63) is 34.9 Å². The van der Waals surface area contributed by atoms with Crippen LogP contribution in [0.4, 0.5) is 0 Å². The molecule has 0 saturated heterocycles. The predicted octanol–water partition coefficient (Wildman–Crippen LogP) is 0.619. The minimum Gasteiger partial charge on any atom is -0.350 e. The van der Waals surface area contributed by atoms with Crippen LogP contribution in [0.3, 0.4) is 0 Å². The lowest BCUT2D eigenvalue weighted by Crippen LogP contribution is -2.35. The van der Waals surface area contributed by atoms with Gasteiger partial charge in [-0.15, -0.1) is 0 Å². The van der Waals surface area contributed by atoms with Gasteiger partial charge in [-0.2, -0.15) is 0 Å². The Bertz CT molecular complexity index is 342. The number of fused-ring (bicyclic) bond motifs is 1. The molecule has 3 heteroatoms. The summed E-state index contributed by atoms with van der Waals surface area (Å²) in [6.07, 6.45) is 4.49. The van der Waals surface area contributed by atoms with E-state index in [4.69, 9.17) is 5.73 Å². The Kier molecular flexibility index (Phi) is 2.31. The summed E-state index contributed by atoms with van der Waals surface area (Å²) in [6.45, 7) is 0. The van der Waals surface area contributed by atoms with Gasteiger partial charge in [0.05, 0.1) is 0 Å². The highest BCUT2D eigenvalue weighted by atomic mass is 16.5. The Morgan fingerprint density at radius 1 is 1.07 bits per heavy atom. The maximum absolute atomic E-state index is 9.22. The quantitative estimate of drug-likeness (QED) is 0.573. The summed E-state index contributed by atoms with van der Waals surface area (Å²) >= 11 is 0. The molecule has 0 radical (unpaired) electrons. The van der Waals surface area contributed by atoms with Gasteiger partial charge in [-0.05, 0) is 42.9 Å². The zero-order chi connectivity index (χ0) is 10.2. The van der Waals surface area contributed by atoms with Gasteiger partial charge in [-0.25, -0.2) is 0 Å². The summed E-state index contributed by atoms with van der Waals surface area (Å²) in [5.74, 6) is -2.20. The highest BCUT2D eigenvalue weighted by Crippen LogP contribution is 2.24. The van der Waals surface area contributed by atoms with E-state index in [2.05, 4.69) is 0 Å². The lowest BCUT2D eigenvalue weighted by Gasteiger charge is -2.21. The van der Waals surface area contributed by atoms with Gasteiger partial charge in [0.15, 0.2) is 0 Å². The van der Waals surface area contributed by atoms with E-state index in [1.807, 2.05) is 6.07 Å². The molecule has 1 aromatic carbocycles. The Morgan fingerprint density at radius 2 is 1.71 bits per heavy atom. The summed E-state index contributed by atoms with van der Waals surface area (Å²) in [4.78, 5) is 0. The van der Waals surface area contributed by atoms with Crippen molar-refractivity contribution in [2.75, 3.05) is 0 Å². The first kappa shape index (κ1) is 9.65. The van der Waals surface area contributed by atoms with Crippen molar-refractivity contribution in [3.63, 3.8) is 0 Å². The Morgan fingerprint density at radius 3 is 2.36 bits per heavy atom. The van der Waals surface area contributed by atoms with Crippen molar-refractivity contribution in [3.8, 4) is 0 Å². The molecule has 0 spiro atoms. The van der Waals surface area contributed by atoms with Crippen molar-refractivity contribution in [1.82, 2.24) is 0 Å². The zero-order valence-electron chi connectivity index (χ0n) is 8.03. The topological polar surface area (TPSA) is 66.5 Å². The number of nitrogens with two attached hydrogens (primary N) is 1. The molecule has 76 valence electrons. The summed E-state index contributed by atoms with van der Waals surface area (Å²) < 4.78 is 0. The minimum absolute atomic E-state index is 0.373. The van der Waals surface area contributed by atoms with E-state index in [1.165, 1.54) is 24.0 Å². The van der Waals surface area contributed by atoms with Gasteiger partial charge in [0.1, 0.15) is 0 Å². The maximum Gasteiger partial charge on any atom is 0.248 e. The molecular formula is C11H15NO2. The third kappa shape index (κ3) is 1.80. The first-order chi connectivity index (χ1) is 6.57. The fraction of sp³-hybridized carbons (Fsp3) is 0.455. The molecule has 1 aromatic rings. The minimum atomic E-state index is -2.20. The molecule has 4 N–H and O–H groups in total. The average Bonchev–Trinajstić information content (AvgIpc) is 2.16. The van der Waals surface area contributed by atoms with Crippen LogP contribution < -0.4 is 5.73 Å². The Balaban J connectivity index is 2.39. The van der Waals surface area contributed by atoms with Crippen LogP contribution >= 0.6 is 0 Å². The molecule has 0 amide bonds. The fourth-order valence-corrected chi connectivity index (χ4v) is 1.96. The molecule has 3 nitrogen and oxygen atoms in total. The number of rotatable bonds is 1. The standard InChI is InChI=1S/C11H15NO2/c12-11(13,14)10-6-5-8-3-1-2-4-9(8)7-10/h5-7,13-14H,1-4,12H2. The molecule has 1 aliphatic carbocycles. The van der Waals surface area contributed by atoms with Crippen LogP contribution in [0.25, 0.3) is 0 Å². The molecular weight excluding hydrogens is 178 g/mol. The van der Waals surface area contributed by atoms with Crippen LogP contribution in [0.1, 0.15) is 29.5 Å². The lowest BCUT2D eigenvalue weighted by molar-refractivity contribution is -0.163. The zero-order valence-corrected chi connectivity index (χ0v) is 8.03. The molecule has 0 aliphatic heterocycles. The third-order valence-electron chi connectivity index (χ3n) is 2.77. The summed E-state index contributed by atoms with van der Waals surface area (Å²) in [6, 6.07) is 5.43. The third-order valence-corrected chi connectivity index (χ3v) is 2.77. The maximum atomic E-state index is 9.22. The average molecular weight is 193 g/mol. The predicted molar refractivity (Wildman–Crippen MR) is 53.4 cm³/mol. The Labute approximate surface area is 83.2 Å². The SMILES string of the molecule is NC(O)(O)c1ccc2c(c1)CCCC2. The van der Waals surface area contributed by atoms with Gasteiger partial charge in [0, 0.05) is 5.56 Å². The van der Waals surface area contributed by atoms with Crippen molar-refractivity contribution in [1.29, 1.82) is 0 Å². The summed E-state index contributed by atoms with van der Waals surface area (Å²) in [5.41, 5.74) is 8.08. The monoisotopic (exact) mass is 193 g/mol. The second kappa shape index (κ2) is 3.35. The fourth-order valence-electron chi connectivity index (χ4n) is 1.96. The van der Waals surface area contributed by atoms with E-state index >= 15 is 0 Å². The van der Waals surface area contributed by atoms with Crippen molar-refractivity contribution >= 4 is 0 Å². The molecule has 1 aliphatic rings. The van der Waals surface area contributed by atoms with Gasteiger partial charge in [0.25, 0.3) is 0 Å². The van der Waals surface area contributed by atoms with E-state index in [-0.39, 0.29) is 0 Å². The molecule has 0 fully saturated rings. The molecule has 0 bridgehead atoms. The van der Waals surface area contributed by atoms with Crippen LogP contribution in [-0.4, -0.2) is 10.2 Å². The molecule has 0 saturated carbocycles. The van der Waals surface area contributed by atoms with E-state index in [0.29, 0.717) is 5.56 Å². The number of aryl methyl sites for hydroxylation is 2.